The van der Waals surface area contributed by atoms with Crippen LogP contribution in [0.4, 0.5) is 0 Å². The summed E-state index contributed by atoms with van der Waals surface area (Å²) in [5, 5.41) is 8.55. The van der Waals surface area contributed by atoms with E-state index in [0.29, 0.717) is 12.2 Å². The first-order chi connectivity index (χ1) is 12.2. The van der Waals surface area contributed by atoms with Crippen molar-refractivity contribution in [3.05, 3.63) is 0 Å². The minimum Gasteiger partial charge on any atom is -0.481 e. The van der Waals surface area contributed by atoms with E-state index in [0.717, 1.165) is 38.5 Å². The topological polar surface area (TPSA) is 54.4 Å². The number of carboxylic acids is 1. The second kappa shape index (κ2) is 19.5. The minimum atomic E-state index is -0.676. The number of aliphatic carboxylic acids is 1. The predicted octanol–water partition coefficient (Wildman–Crippen LogP) is 7.07. The maximum absolute atomic E-state index is 11.8. The lowest BCUT2D eigenvalue weighted by atomic mass is 10.0. The van der Waals surface area contributed by atoms with Crippen molar-refractivity contribution in [3.8, 4) is 0 Å². The number of hydrogen-bond acceptors (Lipinski definition) is 2. The number of ketones is 1. The van der Waals surface area contributed by atoms with Crippen molar-refractivity contribution >= 4 is 11.8 Å². The highest BCUT2D eigenvalue weighted by Gasteiger charge is 2.02. The number of Topliss-reactive ketones (excluding diaryl/α,β-unsaturated/α-hetero) is 1. The van der Waals surface area contributed by atoms with Gasteiger partial charge in [0.25, 0.3) is 0 Å². The fraction of sp³-hybridized carbons (Fsp3) is 0.909. The molecule has 0 fully saturated rings. The van der Waals surface area contributed by atoms with Crippen molar-refractivity contribution in [1.29, 1.82) is 0 Å². The average molecular weight is 355 g/mol. The van der Waals surface area contributed by atoms with Crippen LogP contribution >= 0.6 is 0 Å². The second-order valence-electron chi connectivity index (χ2n) is 7.49. The van der Waals surface area contributed by atoms with Crippen LogP contribution in [0.5, 0.6) is 0 Å². The van der Waals surface area contributed by atoms with Gasteiger partial charge in [0.05, 0.1) is 0 Å². The third-order valence-corrected chi connectivity index (χ3v) is 4.91. The van der Waals surface area contributed by atoms with Crippen LogP contribution in [-0.2, 0) is 9.59 Å². The molecule has 0 rings (SSSR count). The lowest BCUT2D eigenvalue weighted by molar-refractivity contribution is -0.137. The monoisotopic (exact) mass is 354 g/mol. The molecule has 0 amide bonds. The van der Waals surface area contributed by atoms with Crippen LogP contribution in [0.2, 0.25) is 0 Å². The van der Waals surface area contributed by atoms with E-state index >= 15 is 0 Å². The highest BCUT2D eigenvalue weighted by atomic mass is 16.4. The van der Waals surface area contributed by atoms with Crippen molar-refractivity contribution in [2.75, 3.05) is 0 Å². The summed E-state index contributed by atoms with van der Waals surface area (Å²) < 4.78 is 0. The summed E-state index contributed by atoms with van der Waals surface area (Å²) in [6, 6.07) is 0. The van der Waals surface area contributed by atoms with Gasteiger partial charge in [0.15, 0.2) is 0 Å². The van der Waals surface area contributed by atoms with Gasteiger partial charge >= 0.3 is 5.97 Å². The summed E-state index contributed by atoms with van der Waals surface area (Å²) in [5.41, 5.74) is 0. The van der Waals surface area contributed by atoms with Gasteiger partial charge < -0.3 is 5.11 Å². The van der Waals surface area contributed by atoms with Crippen molar-refractivity contribution in [2.24, 2.45) is 0 Å². The molecule has 148 valence electrons. The van der Waals surface area contributed by atoms with Crippen LogP contribution in [0.3, 0.4) is 0 Å². The van der Waals surface area contributed by atoms with E-state index in [4.69, 9.17) is 5.11 Å². The van der Waals surface area contributed by atoms with Crippen LogP contribution < -0.4 is 0 Å². The molecule has 25 heavy (non-hydrogen) atoms. The SMILES string of the molecule is CCCCCCCCC(=O)CCCCCCCCCCCCC(=O)O. The summed E-state index contributed by atoms with van der Waals surface area (Å²) in [5.74, 6) is -0.206. The van der Waals surface area contributed by atoms with E-state index in [1.165, 1.54) is 77.0 Å². The molecule has 0 radical (unpaired) electrons. The van der Waals surface area contributed by atoms with Crippen molar-refractivity contribution < 1.29 is 14.7 Å². The Bertz CT molecular complexity index is 312. The zero-order chi connectivity index (χ0) is 18.6. The van der Waals surface area contributed by atoms with Crippen LogP contribution in [-0.4, -0.2) is 16.9 Å². The number of unbranched alkanes of at least 4 members (excludes halogenated alkanes) is 14. The van der Waals surface area contributed by atoms with Gasteiger partial charge in [-0.05, 0) is 19.3 Å². The molecule has 0 saturated carbocycles. The van der Waals surface area contributed by atoms with Gasteiger partial charge in [-0.25, -0.2) is 0 Å². The average Bonchev–Trinajstić information content (AvgIpc) is 2.58. The normalized spacial score (nSPS) is 10.9. The maximum atomic E-state index is 11.8. The van der Waals surface area contributed by atoms with Gasteiger partial charge in [0, 0.05) is 19.3 Å². The zero-order valence-corrected chi connectivity index (χ0v) is 16.7. The number of carbonyl (C=O) groups is 2. The molecule has 1 N–H and O–H groups in total. The second-order valence-corrected chi connectivity index (χ2v) is 7.49. The van der Waals surface area contributed by atoms with Gasteiger partial charge in [-0.2, -0.15) is 0 Å². The Kier molecular flexibility index (Phi) is 18.8. The predicted molar refractivity (Wildman–Crippen MR) is 106 cm³/mol. The highest BCUT2D eigenvalue weighted by Crippen LogP contribution is 2.13. The largest absolute Gasteiger partial charge is 0.481 e. The van der Waals surface area contributed by atoms with Gasteiger partial charge in [0.2, 0.25) is 0 Å². The number of carboxylic acid groups (broad SMARTS) is 1. The van der Waals surface area contributed by atoms with E-state index in [-0.39, 0.29) is 0 Å². The third kappa shape index (κ3) is 21.1. The molecule has 0 aliphatic carbocycles. The lowest BCUT2D eigenvalue weighted by Gasteiger charge is -2.03. The Balaban J connectivity index is 3.14. The third-order valence-electron chi connectivity index (χ3n) is 4.91. The molecule has 0 aromatic carbocycles. The van der Waals surface area contributed by atoms with Gasteiger partial charge in [-0.1, -0.05) is 90.4 Å². The molecule has 0 aliphatic rings. The molecule has 3 heteroatoms. The summed E-state index contributed by atoms with van der Waals surface area (Å²) in [4.78, 5) is 22.2. The van der Waals surface area contributed by atoms with E-state index in [9.17, 15) is 9.59 Å². The maximum Gasteiger partial charge on any atom is 0.303 e. The van der Waals surface area contributed by atoms with E-state index in [1.54, 1.807) is 0 Å². The Hall–Kier alpha value is -0.860. The van der Waals surface area contributed by atoms with Crippen molar-refractivity contribution in [3.63, 3.8) is 0 Å². The van der Waals surface area contributed by atoms with Crippen molar-refractivity contribution in [2.45, 2.75) is 129 Å². The number of carbonyl (C=O) groups excluding carboxylic acids is 1. The molecule has 0 bridgehead atoms. The summed E-state index contributed by atoms with van der Waals surface area (Å²) in [6.07, 6.45) is 21.1. The van der Waals surface area contributed by atoms with Gasteiger partial charge in [-0.3, -0.25) is 9.59 Å². The van der Waals surface area contributed by atoms with E-state index in [1.807, 2.05) is 0 Å². The lowest BCUT2D eigenvalue weighted by Crippen LogP contribution is -1.97. The Morgan fingerprint density at radius 2 is 0.840 bits per heavy atom. The molecule has 0 aromatic heterocycles. The van der Waals surface area contributed by atoms with E-state index in [2.05, 4.69) is 6.92 Å². The summed E-state index contributed by atoms with van der Waals surface area (Å²) in [7, 11) is 0. The van der Waals surface area contributed by atoms with Crippen LogP contribution in [0, 0.1) is 0 Å². The standard InChI is InChI=1S/C22H42O3/c1-2-3-4-5-12-15-18-21(23)19-16-13-10-8-6-7-9-11-14-17-20-22(24)25/h2-20H2,1H3,(H,24,25). The fourth-order valence-electron chi connectivity index (χ4n) is 3.24. The molecular formula is C22H42O3. The number of rotatable bonds is 20. The van der Waals surface area contributed by atoms with Gasteiger partial charge in [0.1, 0.15) is 5.78 Å². The molecular weight excluding hydrogens is 312 g/mol. The molecule has 0 aliphatic heterocycles. The zero-order valence-electron chi connectivity index (χ0n) is 16.7. The highest BCUT2D eigenvalue weighted by molar-refractivity contribution is 5.78. The summed E-state index contributed by atoms with van der Waals surface area (Å²) in [6.45, 7) is 2.23. The van der Waals surface area contributed by atoms with Crippen molar-refractivity contribution in [1.82, 2.24) is 0 Å². The van der Waals surface area contributed by atoms with E-state index < -0.39 is 5.97 Å². The Morgan fingerprint density at radius 3 is 1.20 bits per heavy atom. The van der Waals surface area contributed by atoms with Crippen LogP contribution in [0.15, 0.2) is 0 Å². The Morgan fingerprint density at radius 1 is 0.520 bits per heavy atom. The summed E-state index contributed by atoms with van der Waals surface area (Å²) >= 11 is 0. The quantitative estimate of drug-likeness (QED) is 0.238. The smallest absolute Gasteiger partial charge is 0.303 e. The first kappa shape index (κ1) is 24.1. The van der Waals surface area contributed by atoms with Crippen LogP contribution in [0.25, 0.3) is 0 Å². The molecule has 3 nitrogen and oxygen atoms in total. The Labute approximate surface area is 156 Å². The first-order valence-corrected chi connectivity index (χ1v) is 10.9. The van der Waals surface area contributed by atoms with Crippen LogP contribution in [0.1, 0.15) is 129 Å². The molecule has 0 aromatic rings. The molecule has 0 heterocycles. The number of hydrogen-bond donors (Lipinski definition) is 1. The van der Waals surface area contributed by atoms with Gasteiger partial charge in [-0.15, -0.1) is 0 Å². The first-order valence-electron chi connectivity index (χ1n) is 10.9. The molecule has 0 unspecified atom stereocenters. The minimum absolute atomic E-state index is 0.317. The molecule has 0 saturated heterocycles. The molecule has 0 atom stereocenters. The fourth-order valence-corrected chi connectivity index (χ4v) is 3.24. The molecule has 0 spiro atoms.